The van der Waals surface area contributed by atoms with Crippen molar-refractivity contribution in [2.75, 3.05) is 19.0 Å². The molecule has 106 valence electrons. The fourth-order valence-corrected chi connectivity index (χ4v) is 2.32. The topological polar surface area (TPSA) is 29.3 Å². The molecule has 2 N–H and O–H groups in total. The molecular formula is C18H24N2. The van der Waals surface area contributed by atoms with E-state index >= 15 is 0 Å². The summed E-state index contributed by atoms with van der Waals surface area (Å²) in [7, 11) is 4.09. The van der Waals surface area contributed by atoms with Crippen LogP contribution in [0.4, 0.5) is 5.69 Å². The van der Waals surface area contributed by atoms with E-state index in [4.69, 9.17) is 5.73 Å². The molecule has 0 spiro atoms. The van der Waals surface area contributed by atoms with E-state index in [1.165, 1.54) is 27.9 Å². The first-order chi connectivity index (χ1) is 9.47. The van der Waals surface area contributed by atoms with Gasteiger partial charge in [0.2, 0.25) is 0 Å². The van der Waals surface area contributed by atoms with Crippen LogP contribution in [0.1, 0.15) is 28.3 Å². The second kappa shape index (κ2) is 6.10. The number of anilines is 1. The minimum Gasteiger partial charge on any atom is -0.378 e. The van der Waals surface area contributed by atoms with Crippen LogP contribution in [-0.2, 0) is 6.42 Å². The molecule has 0 aliphatic rings. The Hall–Kier alpha value is -1.80. The minimum atomic E-state index is 0.0494. The van der Waals surface area contributed by atoms with Crippen molar-refractivity contribution >= 4 is 5.69 Å². The SMILES string of the molecule is Cc1ccc(CC(N)c2ccc(N(C)C)cc2)cc1C. The average molecular weight is 268 g/mol. The maximum Gasteiger partial charge on any atom is 0.0361 e. The Kier molecular flexibility index (Phi) is 4.46. The van der Waals surface area contributed by atoms with Gasteiger partial charge < -0.3 is 10.6 Å². The maximum atomic E-state index is 6.33. The van der Waals surface area contributed by atoms with Crippen molar-refractivity contribution < 1.29 is 0 Å². The fourth-order valence-electron chi connectivity index (χ4n) is 2.32. The highest BCUT2D eigenvalue weighted by Crippen LogP contribution is 2.20. The molecule has 0 bridgehead atoms. The van der Waals surface area contributed by atoms with Crippen molar-refractivity contribution in [1.82, 2.24) is 0 Å². The lowest BCUT2D eigenvalue weighted by Crippen LogP contribution is -2.14. The highest BCUT2D eigenvalue weighted by atomic mass is 15.1. The van der Waals surface area contributed by atoms with Gasteiger partial charge in [-0.05, 0) is 54.7 Å². The summed E-state index contributed by atoms with van der Waals surface area (Å²) in [5.74, 6) is 0. The molecular weight excluding hydrogens is 244 g/mol. The van der Waals surface area contributed by atoms with E-state index in [0.29, 0.717) is 0 Å². The third-order valence-corrected chi connectivity index (χ3v) is 3.86. The number of rotatable bonds is 4. The van der Waals surface area contributed by atoms with Gasteiger partial charge >= 0.3 is 0 Å². The van der Waals surface area contributed by atoms with E-state index in [1.807, 2.05) is 14.1 Å². The Morgan fingerprint density at radius 1 is 0.950 bits per heavy atom. The summed E-state index contributed by atoms with van der Waals surface area (Å²) in [6.45, 7) is 4.29. The van der Waals surface area contributed by atoms with Crippen molar-refractivity contribution in [3.63, 3.8) is 0 Å². The monoisotopic (exact) mass is 268 g/mol. The van der Waals surface area contributed by atoms with E-state index < -0.39 is 0 Å². The van der Waals surface area contributed by atoms with Crippen LogP contribution in [-0.4, -0.2) is 14.1 Å². The highest BCUT2D eigenvalue weighted by Gasteiger charge is 2.08. The van der Waals surface area contributed by atoms with Crippen LogP contribution in [0.5, 0.6) is 0 Å². The quantitative estimate of drug-likeness (QED) is 0.917. The normalized spacial score (nSPS) is 12.2. The third-order valence-electron chi connectivity index (χ3n) is 3.86. The van der Waals surface area contributed by atoms with Crippen LogP contribution in [0.2, 0.25) is 0 Å². The average Bonchev–Trinajstić information content (AvgIpc) is 2.43. The molecule has 0 amide bonds. The number of nitrogens with zero attached hydrogens (tertiary/aromatic N) is 1. The van der Waals surface area contributed by atoms with Gasteiger partial charge in [0.25, 0.3) is 0 Å². The van der Waals surface area contributed by atoms with Crippen molar-refractivity contribution in [2.24, 2.45) is 5.73 Å². The summed E-state index contributed by atoms with van der Waals surface area (Å²) in [4.78, 5) is 2.10. The van der Waals surface area contributed by atoms with Gasteiger partial charge in [0.15, 0.2) is 0 Å². The van der Waals surface area contributed by atoms with Gasteiger partial charge in [-0.1, -0.05) is 30.3 Å². The third kappa shape index (κ3) is 3.40. The molecule has 1 atom stereocenters. The zero-order valence-corrected chi connectivity index (χ0v) is 12.9. The van der Waals surface area contributed by atoms with Gasteiger partial charge in [0, 0.05) is 25.8 Å². The van der Waals surface area contributed by atoms with Crippen molar-refractivity contribution in [3.8, 4) is 0 Å². The van der Waals surface area contributed by atoms with Gasteiger partial charge in [-0.25, -0.2) is 0 Å². The summed E-state index contributed by atoms with van der Waals surface area (Å²) in [5, 5.41) is 0. The summed E-state index contributed by atoms with van der Waals surface area (Å²) in [6, 6.07) is 15.1. The Labute approximate surface area is 122 Å². The molecule has 2 nitrogen and oxygen atoms in total. The van der Waals surface area contributed by atoms with Crippen molar-refractivity contribution in [2.45, 2.75) is 26.3 Å². The smallest absolute Gasteiger partial charge is 0.0361 e. The van der Waals surface area contributed by atoms with Crippen LogP contribution in [0.3, 0.4) is 0 Å². The van der Waals surface area contributed by atoms with E-state index in [1.54, 1.807) is 0 Å². The lowest BCUT2D eigenvalue weighted by atomic mass is 9.97. The Morgan fingerprint density at radius 3 is 2.15 bits per heavy atom. The van der Waals surface area contributed by atoms with Crippen molar-refractivity contribution in [1.29, 1.82) is 0 Å². The van der Waals surface area contributed by atoms with Gasteiger partial charge in [-0.2, -0.15) is 0 Å². The molecule has 0 fully saturated rings. The van der Waals surface area contributed by atoms with Crippen LogP contribution in [0, 0.1) is 13.8 Å². The maximum absolute atomic E-state index is 6.33. The predicted octanol–water partition coefficient (Wildman–Crippen LogP) is 3.61. The minimum absolute atomic E-state index is 0.0494. The molecule has 0 saturated carbocycles. The summed E-state index contributed by atoms with van der Waals surface area (Å²) in [5.41, 5.74) is 12.7. The van der Waals surface area contributed by atoms with Crippen LogP contribution in [0.25, 0.3) is 0 Å². The van der Waals surface area contributed by atoms with Crippen molar-refractivity contribution in [3.05, 3.63) is 64.7 Å². The summed E-state index contributed by atoms with van der Waals surface area (Å²) in [6.07, 6.45) is 0.877. The van der Waals surface area contributed by atoms with Crippen LogP contribution < -0.4 is 10.6 Å². The highest BCUT2D eigenvalue weighted by molar-refractivity contribution is 5.46. The molecule has 2 heteroatoms. The lowest BCUT2D eigenvalue weighted by molar-refractivity contribution is 0.721. The van der Waals surface area contributed by atoms with E-state index in [0.717, 1.165) is 6.42 Å². The van der Waals surface area contributed by atoms with Gasteiger partial charge in [-0.3, -0.25) is 0 Å². The molecule has 0 saturated heterocycles. The van der Waals surface area contributed by atoms with Gasteiger partial charge in [0.05, 0.1) is 0 Å². The second-order valence-electron chi connectivity index (χ2n) is 5.72. The van der Waals surface area contributed by atoms with Gasteiger partial charge in [0.1, 0.15) is 0 Å². The molecule has 0 aliphatic heterocycles. The molecule has 20 heavy (non-hydrogen) atoms. The van der Waals surface area contributed by atoms with E-state index in [-0.39, 0.29) is 6.04 Å². The molecule has 0 aliphatic carbocycles. The summed E-state index contributed by atoms with van der Waals surface area (Å²) >= 11 is 0. The molecule has 0 radical (unpaired) electrons. The predicted molar refractivity (Wildman–Crippen MR) is 87.3 cm³/mol. The molecule has 2 aromatic carbocycles. The Balaban J connectivity index is 2.10. The first-order valence-electron chi connectivity index (χ1n) is 7.06. The number of hydrogen-bond donors (Lipinski definition) is 1. The number of aryl methyl sites for hydroxylation is 2. The standard InChI is InChI=1S/C18H24N2/c1-13-5-6-15(11-14(13)2)12-18(19)16-7-9-17(10-8-16)20(3)4/h5-11,18H,12,19H2,1-4H3. The zero-order chi connectivity index (χ0) is 14.7. The largest absolute Gasteiger partial charge is 0.378 e. The first-order valence-corrected chi connectivity index (χ1v) is 7.06. The molecule has 1 unspecified atom stereocenters. The molecule has 2 aromatic rings. The Bertz CT molecular complexity index is 570. The molecule has 2 rings (SSSR count). The Morgan fingerprint density at radius 2 is 1.60 bits per heavy atom. The van der Waals surface area contributed by atoms with E-state index in [2.05, 4.69) is 61.2 Å². The molecule has 0 aromatic heterocycles. The second-order valence-corrected chi connectivity index (χ2v) is 5.72. The molecule has 0 heterocycles. The number of benzene rings is 2. The van der Waals surface area contributed by atoms with Crippen LogP contribution >= 0.6 is 0 Å². The summed E-state index contributed by atoms with van der Waals surface area (Å²) < 4.78 is 0. The fraction of sp³-hybridized carbons (Fsp3) is 0.333. The van der Waals surface area contributed by atoms with E-state index in [9.17, 15) is 0 Å². The number of nitrogens with two attached hydrogens (primary N) is 1. The first kappa shape index (κ1) is 14.6. The number of hydrogen-bond acceptors (Lipinski definition) is 2. The van der Waals surface area contributed by atoms with Crippen LogP contribution in [0.15, 0.2) is 42.5 Å². The lowest BCUT2D eigenvalue weighted by Gasteiger charge is -2.16. The zero-order valence-electron chi connectivity index (χ0n) is 12.9. The van der Waals surface area contributed by atoms with Gasteiger partial charge in [-0.15, -0.1) is 0 Å².